The molecule has 3 N–H and O–H groups in total. The summed E-state index contributed by atoms with van der Waals surface area (Å²) in [4.78, 5) is 8.16. The second kappa shape index (κ2) is 9.48. The molecule has 11 heteroatoms. The fraction of sp³-hybridized carbons (Fsp3) is 0.136. The van der Waals surface area contributed by atoms with Gasteiger partial charge < -0.3 is 4.74 Å². The van der Waals surface area contributed by atoms with E-state index in [0.717, 1.165) is 16.5 Å². The van der Waals surface area contributed by atoms with E-state index in [1.165, 1.54) is 12.4 Å². The molecule has 0 radical (unpaired) electrons. The number of nitrogens with one attached hydrogen (secondary N) is 1. The highest BCUT2D eigenvalue weighted by Gasteiger charge is 2.17. The van der Waals surface area contributed by atoms with Gasteiger partial charge in [0, 0.05) is 51.8 Å². The summed E-state index contributed by atoms with van der Waals surface area (Å²) in [7, 11) is -2.26. The molecule has 0 fully saturated rings. The van der Waals surface area contributed by atoms with Crippen molar-refractivity contribution < 1.29 is 8.95 Å². The first-order chi connectivity index (χ1) is 15.7. The molecule has 33 heavy (non-hydrogen) atoms. The molecular weight excluding hydrogens is 483 g/mol. The topological polar surface area (TPSA) is 119 Å². The van der Waals surface area contributed by atoms with Crippen LogP contribution in [0.5, 0.6) is 5.75 Å². The fourth-order valence-electron chi connectivity index (χ4n) is 3.06. The van der Waals surface area contributed by atoms with Crippen LogP contribution < -0.4 is 10.5 Å². The van der Waals surface area contributed by atoms with Gasteiger partial charge in [0.15, 0.2) is 12.0 Å². The van der Waals surface area contributed by atoms with E-state index < -0.39 is 16.0 Å². The Bertz CT molecular complexity index is 1430. The molecule has 0 saturated heterocycles. The van der Waals surface area contributed by atoms with Crippen molar-refractivity contribution in [3.05, 3.63) is 75.8 Å². The molecule has 3 heterocycles. The van der Waals surface area contributed by atoms with Gasteiger partial charge in [-0.1, -0.05) is 29.3 Å². The van der Waals surface area contributed by atoms with Gasteiger partial charge in [0.2, 0.25) is 0 Å². The second-order valence-electron chi connectivity index (χ2n) is 7.43. The Kier molecular flexibility index (Phi) is 6.66. The molecule has 0 aliphatic rings. The van der Waals surface area contributed by atoms with Gasteiger partial charge in [-0.3, -0.25) is 15.8 Å². The number of hydrogen-bond donors (Lipinski definition) is 2. The molecule has 0 spiro atoms. The molecule has 0 amide bonds. The number of rotatable bonds is 6. The predicted octanol–water partition coefficient (Wildman–Crippen LogP) is 5.23. The predicted molar refractivity (Wildman–Crippen MR) is 133 cm³/mol. The van der Waals surface area contributed by atoms with Gasteiger partial charge >= 0.3 is 0 Å². The van der Waals surface area contributed by atoms with Gasteiger partial charge in [-0.15, -0.1) is 0 Å². The maximum atomic E-state index is 11.8. The summed E-state index contributed by atoms with van der Waals surface area (Å²) in [5.74, 6) is 0.963. The van der Waals surface area contributed by atoms with Crippen molar-refractivity contribution in [2.45, 2.75) is 6.23 Å². The average Bonchev–Trinajstić information content (AvgIpc) is 3.14. The normalized spacial score (nSPS) is 12.9. The number of H-pyrrole nitrogens is 1. The smallest absolute Gasteiger partial charge is 0.177 e. The first-order valence-corrected chi connectivity index (χ1v) is 12.8. The zero-order valence-electron chi connectivity index (χ0n) is 17.7. The van der Waals surface area contributed by atoms with Crippen molar-refractivity contribution in [2.75, 3.05) is 12.5 Å². The lowest BCUT2D eigenvalue weighted by molar-refractivity contribution is 0.214. The molecule has 0 aliphatic carbocycles. The van der Waals surface area contributed by atoms with Crippen LogP contribution in [0.1, 0.15) is 23.0 Å². The van der Waals surface area contributed by atoms with Gasteiger partial charge in [-0.2, -0.15) is 9.46 Å². The molecule has 0 unspecified atom stereocenters. The highest BCUT2D eigenvalue weighted by Crippen LogP contribution is 2.31. The Labute approximate surface area is 201 Å². The maximum absolute atomic E-state index is 11.8. The summed E-state index contributed by atoms with van der Waals surface area (Å²) < 4.78 is 21.8. The molecule has 0 aliphatic heterocycles. The summed E-state index contributed by atoms with van der Waals surface area (Å²) in [6.07, 6.45) is 10.6. The van der Waals surface area contributed by atoms with E-state index in [1.54, 1.807) is 30.8 Å². The monoisotopic (exact) mass is 502 g/mol. The van der Waals surface area contributed by atoms with Crippen molar-refractivity contribution in [3.8, 4) is 5.75 Å². The van der Waals surface area contributed by atoms with Crippen molar-refractivity contribution in [1.29, 1.82) is 0 Å². The summed E-state index contributed by atoms with van der Waals surface area (Å²) >= 11 is 12.4. The number of nitrogens with zero attached hydrogens (tertiary/aromatic N) is 4. The van der Waals surface area contributed by atoms with Crippen LogP contribution >= 0.6 is 23.2 Å². The Morgan fingerprint density at radius 2 is 1.88 bits per heavy atom. The SMILES string of the molecule is CS(C)(=O)=Nc1ccc(/C=C/c2n[nH]c3ccc(O[C@H](N)c4c(Cl)cncc4Cl)cc23)cn1. The minimum absolute atomic E-state index is 0.329. The molecule has 170 valence electrons. The lowest BCUT2D eigenvalue weighted by Crippen LogP contribution is -2.18. The van der Waals surface area contributed by atoms with Gasteiger partial charge in [0.1, 0.15) is 5.75 Å². The van der Waals surface area contributed by atoms with Crippen LogP contribution in [0.4, 0.5) is 5.82 Å². The average molecular weight is 503 g/mol. The van der Waals surface area contributed by atoms with E-state index in [9.17, 15) is 4.21 Å². The molecular formula is C22H20Cl2N6O2S. The van der Waals surface area contributed by atoms with Crippen molar-refractivity contribution in [3.63, 3.8) is 0 Å². The maximum Gasteiger partial charge on any atom is 0.177 e. The molecule has 4 aromatic rings. The van der Waals surface area contributed by atoms with Gasteiger partial charge in [-0.25, -0.2) is 9.19 Å². The van der Waals surface area contributed by atoms with Crippen LogP contribution in [0.25, 0.3) is 23.1 Å². The fourth-order valence-corrected chi connectivity index (χ4v) is 4.20. The number of aromatic amines is 1. The zero-order valence-corrected chi connectivity index (χ0v) is 20.0. The number of aromatic nitrogens is 4. The first kappa shape index (κ1) is 23.2. The van der Waals surface area contributed by atoms with Gasteiger partial charge in [0.25, 0.3) is 0 Å². The number of nitrogens with two attached hydrogens (primary N) is 1. The van der Waals surface area contributed by atoms with Crippen molar-refractivity contribution in [2.24, 2.45) is 10.1 Å². The van der Waals surface area contributed by atoms with E-state index in [4.69, 9.17) is 33.7 Å². The van der Waals surface area contributed by atoms with E-state index >= 15 is 0 Å². The van der Waals surface area contributed by atoms with E-state index in [2.05, 4.69) is 24.5 Å². The third-order valence-electron chi connectivity index (χ3n) is 4.52. The lowest BCUT2D eigenvalue weighted by Gasteiger charge is -2.17. The summed E-state index contributed by atoms with van der Waals surface area (Å²) in [6.45, 7) is 0. The van der Waals surface area contributed by atoms with Crippen molar-refractivity contribution in [1.82, 2.24) is 20.2 Å². The number of pyridine rings is 2. The number of benzene rings is 1. The number of fused-ring (bicyclic) bond motifs is 1. The van der Waals surface area contributed by atoms with E-state index in [0.29, 0.717) is 32.9 Å². The van der Waals surface area contributed by atoms with Crippen molar-refractivity contribution >= 4 is 61.8 Å². The number of hydrogen-bond acceptors (Lipinski definition) is 7. The summed E-state index contributed by atoms with van der Waals surface area (Å²) in [5.41, 5.74) is 9.04. The Morgan fingerprint density at radius 1 is 1.12 bits per heavy atom. The van der Waals surface area contributed by atoms with Gasteiger partial charge in [0.05, 0.1) is 21.3 Å². The van der Waals surface area contributed by atoms with Crippen LogP contribution in [0.15, 0.2) is 53.3 Å². The first-order valence-electron chi connectivity index (χ1n) is 9.70. The molecule has 8 nitrogen and oxygen atoms in total. The van der Waals surface area contributed by atoms with Crippen LogP contribution in [0, 0.1) is 0 Å². The Balaban J connectivity index is 1.56. The summed E-state index contributed by atoms with van der Waals surface area (Å²) in [5, 5.41) is 8.85. The highest BCUT2D eigenvalue weighted by atomic mass is 35.5. The van der Waals surface area contributed by atoms with E-state index in [1.807, 2.05) is 30.4 Å². The quantitative estimate of drug-likeness (QED) is 0.348. The van der Waals surface area contributed by atoms with E-state index in [-0.39, 0.29) is 0 Å². The molecule has 3 aromatic heterocycles. The minimum atomic E-state index is -2.26. The minimum Gasteiger partial charge on any atom is -0.471 e. The van der Waals surface area contributed by atoms with Crippen LogP contribution in [-0.2, 0) is 9.73 Å². The Hall–Kier alpha value is -2.98. The van der Waals surface area contributed by atoms with Crippen LogP contribution in [0.2, 0.25) is 10.0 Å². The third kappa shape index (κ3) is 5.69. The highest BCUT2D eigenvalue weighted by molar-refractivity contribution is 7.92. The van der Waals surface area contributed by atoms with Crippen LogP contribution in [-0.4, -0.2) is 36.9 Å². The molecule has 4 rings (SSSR count). The zero-order chi connectivity index (χ0) is 23.6. The third-order valence-corrected chi connectivity index (χ3v) is 5.75. The number of halogens is 2. The lowest BCUT2D eigenvalue weighted by atomic mass is 10.1. The Morgan fingerprint density at radius 3 is 2.55 bits per heavy atom. The van der Waals surface area contributed by atoms with Crippen LogP contribution in [0.3, 0.4) is 0 Å². The number of ether oxygens (including phenoxy) is 1. The largest absolute Gasteiger partial charge is 0.471 e. The molecule has 0 bridgehead atoms. The molecule has 0 saturated carbocycles. The van der Waals surface area contributed by atoms with Gasteiger partial charge in [-0.05, 0) is 42.0 Å². The molecule has 1 atom stereocenters. The standard InChI is InChI=1S/C22H20Cl2N6O2S/c1-33(2,31)30-20-8-4-13(10-27-20)3-6-18-15-9-14(5-7-19(15)29-28-18)32-22(25)21-16(23)11-26-12-17(21)24/h3-12,22H,25H2,1-2H3,(H,28,29)/b6-3+/t22-/m0/s1. The molecule has 1 aromatic carbocycles. The summed E-state index contributed by atoms with van der Waals surface area (Å²) in [6, 6.07) is 9.03. The second-order valence-corrected chi connectivity index (χ2v) is 10.8.